The first-order valence-electron chi connectivity index (χ1n) is 5.22. The van der Waals surface area contributed by atoms with Gasteiger partial charge in [-0.1, -0.05) is 6.92 Å². The van der Waals surface area contributed by atoms with E-state index < -0.39 is 0 Å². The molecule has 2 N–H and O–H groups in total. The zero-order chi connectivity index (χ0) is 11.5. The van der Waals surface area contributed by atoms with Crippen molar-refractivity contribution in [1.29, 1.82) is 0 Å². The number of nitrogens with one attached hydrogen (secondary N) is 2. The molecule has 0 aliphatic heterocycles. The predicted octanol–water partition coefficient (Wildman–Crippen LogP) is -0.236. The van der Waals surface area contributed by atoms with Crippen molar-refractivity contribution in [3.8, 4) is 0 Å². The van der Waals surface area contributed by atoms with Gasteiger partial charge in [0.05, 0.1) is 25.8 Å². The summed E-state index contributed by atoms with van der Waals surface area (Å²) < 4.78 is 9.83. The first-order valence-corrected chi connectivity index (χ1v) is 5.22. The minimum Gasteiger partial charge on any atom is -0.383 e. The van der Waals surface area contributed by atoms with Crippen molar-refractivity contribution < 1.29 is 14.3 Å². The maximum Gasteiger partial charge on any atom is 0.234 e. The van der Waals surface area contributed by atoms with E-state index in [2.05, 4.69) is 10.6 Å². The average molecular weight is 218 g/mol. The predicted molar refractivity (Wildman–Crippen MR) is 58.8 cm³/mol. The largest absolute Gasteiger partial charge is 0.383 e. The number of hydrogen-bond acceptors (Lipinski definition) is 4. The van der Waals surface area contributed by atoms with E-state index in [0.717, 1.165) is 6.42 Å². The molecule has 0 aliphatic carbocycles. The van der Waals surface area contributed by atoms with Crippen LogP contribution in [-0.4, -0.2) is 52.5 Å². The highest BCUT2D eigenvalue weighted by molar-refractivity contribution is 5.78. The third-order valence-electron chi connectivity index (χ3n) is 1.99. The Morgan fingerprint density at radius 2 is 2.07 bits per heavy atom. The first kappa shape index (κ1) is 14.3. The number of hydrogen-bond donors (Lipinski definition) is 2. The quantitative estimate of drug-likeness (QED) is 0.525. The second-order valence-corrected chi connectivity index (χ2v) is 3.30. The van der Waals surface area contributed by atoms with E-state index in [1.54, 1.807) is 14.2 Å². The van der Waals surface area contributed by atoms with Gasteiger partial charge in [-0.2, -0.15) is 0 Å². The summed E-state index contributed by atoms with van der Waals surface area (Å²) in [5, 5.41) is 5.86. The Balaban J connectivity index is 3.52. The highest BCUT2D eigenvalue weighted by Gasteiger charge is 2.08. The number of amides is 1. The Labute approximate surface area is 91.5 Å². The van der Waals surface area contributed by atoms with Gasteiger partial charge in [0, 0.05) is 20.8 Å². The Morgan fingerprint density at radius 1 is 1.33 bits per heavy atom. The number of carbonyl (C=O) groups is 1. The molecule has 0 aromatic carbocycles. The molecule has 1 amide bonds. The van der Waals surface area contributed by atoms with Gasteiger partial charge in [0.15, 0.2) is 0 Å². The van der Waals surface area contributed by atoms with E-state index in [0.29, 0.717) is 26.3 Å². The van der Waals surface area contributed by atoms with Gasteiger partial charge in [0.2, 0.25) is 5.91 Å². The van der Waals surface area contributed by atoms with Crippen LogP contribution in [0, 0.1) is 0 Å². The summed E-state index contributed by atoms with van der Waals surface area (Å²) in [5.41, 5.74) is 0. The van der Waals surface area contributed by atoms with Crippen LogP contribution in [0.15, 0.2) is 0 Å². The van der Waals surface area contributed by atoms with Crippen molar-refractivity contribution in [3.63, 3.8) is 0 Å². The standard InChI is InChI=1S/C10H22N2O3/c1-4-9(8-15-3)12-10(13)7-11-5-6-14-2/h9,11H,4-8H2,1-3H3,(H,12,13). The van der Waals surface area contributed by atoms with Crippen molar-refractivity contribution >= 4 is 5.91 Å². The molecule has 0 rings (SSSR count). The average Bonchev–Trinajstić information content (AvgIpc) is 2.24. The summed E-state index contributed by atoms with van der Waals surface area (Å²) in [6.07, 6.45) is 0.873. The van der Waals surface area contributed by atoms with E-state index in [1.165, 1.54) is 0 Å². The van der Waals surface area contributed by atoms with E-state index in [9.17, 15) is 4.79 Å². The van der Waals surface area contributed by atoms with Gasteiger partial charge >= 0.3 is 0 Å². The molecule has 0 spiro atoms. The van der Waals surface area contributed by atoms with Crippen LogP contribution in [0.3, 0.4) is 0 Å². The molecule has 0 aromatic heterocycles. The molecule has 0 aromatic rings. The number of ether oxygens (including phenoxy) is 2. The fourth-order valence-corrected chi connectivity index (χ4v) is 1.12. The molecule has 0 aliphatic rings. The highest BCUT2D eigenvalue weighted by atomic mass is 16.5. The van der Waals surface area contributed by atoms with Gasteiger partial charge in [-0.25, -0.2) is 0 Å². The normalized spacial score (nSPS) is 12.5. The van der Waals surface area contributed by atoms with Crippen LogP contribution in [0.2, 0.25) is 0 Å². The van der Waals surface area contributed by atoms with Gasteiger partial charge in [-0.15, -0.1) is 0 Å². The highest BCUT2D eigenvalue weighted by Crippen LogP contribution is 1.90. The Kier molecular flexibility index (Phi) is 9.46. The van der Waals surface area contributed by atoms with Crippen molar-refractivity contribution in [3.05, 3.63) is 0 Å². The van der Waals surface area contributed by atoms with E-state index in [4.69, 9.17) is 9.47 Å². The lowest BCUT2D eigenvalue weighted by molar-refractivity contribution is -0.121. The van der Waals surface area contributed by atoms with Crippen LogP contribution in [-0.2, 0) is 14.3 Å². The molecule has 0 bridgehead atoms. The lowest BCUT2D eigenvalue weighted by atomic mass is 10.2. The third-order valence-corrected chi connectivity index (χ3v) is 1.99. The summed E-state index contributed by atoms with van der Waals surface area (Å²) in [4.78, 5) is 11.4. The number of rotatable bonds is 9. The van der Waals surface area contributed by atoms with Gasteiger partial charge in [-0.05, 0) is 6.42 Å². The molecule has 5 heteroatoms. The summed E-state index contributed by atoms with van der Waals surface area (Å²) in [6.45, 7) is 4.19. The minimum absolute atomic E-state index is 0.00463. The van der Waals surface area contributed by atoms with Gasteiger partial charge in [-0.3, -0.25) is 4.79 Å². The lowest BCUT2D eigenvalue weighted by Gasteiger charge is -2.15. The summed E-state index contributed by atoms with van der Waals surface area (Å²) in [5.74, 6) is -0.00463. The van der Waals surface area contributed by atoms with Crippen LogP contribution in [0.5, 0.6) is 0 Å². The Bertz CT molecular complexity index is 165. The van der Waals surface area contributed by atoms with Crippen molar-refractivity contribution in [2.45, 2.75) is 19.4 Å². The van der Waals surface area contributed by atoms with Crippen molar-refractivity contribution in [2.75, 3.05) is 40.5 Å². The maximum absolute atomic E-state index is 11.4. The molecule has 5 nitrogen and oxygen atoms in total. The zero-order valence-corrected chi connectivity index (χ0v) is 9.84. The topological polar surface area (TPSA) is 59.6 Å². The summed E-state index contributed by atoms with van der Waals surface area (Å²) >= 11 is 0. The van der Waals surface area contributed by atoms with Crippen LogP contribution in [0.1, 0.15) is 13.3 Å². The Hall–Kier alpha value is -0.650. The first-order chi connectivity index (χ1) is 7.24. The van der Waals surface area contributed by atoms with Gasteiger partial charge in [0.25, 0.3) is 0 Å². The number of carbonyl (C=O) groups excluding carboxylic acids is 1. The smallest absolute Gasteiger partial charge is 0.234 e. The van der Waals surface area contributed by atoms with Crippen molar-refractivity contribution in [1.82, 2.24) is 10.6 Å². The van der Waals surface area contributed by atoms with E-state index in [-0.39, 0.29) is 11.9 Å². The molecule has 15 heavy (non-hydrogen) atoms. The molecule has 1 atom stereocenters. The lowest BCUT2D eigenvalue weighted by Crippen LogP contribution is -2.42. The monoisotopic (exact) mass is 218 g/mol. The van der Waals surface area contributed by atoms with Crippen molar-refractivity contribution in [2.24, 2.45) is 0 Å². The number of methoxy groups -OCH3 is 2. The second kappa shape index (κ2) is 9.89. The molecule has 0 saturated heterocycles. The molecule has 0 saturated carbocycles. The summed E-state index contributed by atoms with van der Waals surface area (Å²) in [7, 11) is 3.26. The molecular weight excluding hydrogens is 196 g/mol. The second-order valence-electron chi connectivity index (χ2n) is 3.30. The maximum atomic E-state index is 11.4. The van der Waals surface area contributed by atoms with Crippen LogP contribution < -0.4 is 10.6 Å². The molecule has 0 heterocycles. The molecule has 0 radical (unpaired) electrons. The Morgan fingerprint density at radius 3 is 2.60 bits per heavy atom. The van der Waals surface area contributed by atoms with Gasteiger partial charge in [0.1, 0.15) is 0 Å². The van der Waals surface area contributed by atoms with Gasteiger partial charge < -0.3 is 20.1 Å². The zero-order valence-electron chi connectivity index (χ0n) is 9.84. The fourth-order valence-electron chi connectivity index (χ4n) is 1.12. The van der Waals surface area contributed by atoms with E-state index >= 15 is 0 Å². The SMILES string of the molecule is CCC(COC)NC(=O)CNCCOC. The fraction of sp³-hybridized carbons (Fsp3) is 0.900. The third kappa shape index (κ3) is 8.35. The molecular formula is C10H22N2O3. The molecule has 1 unspecified atom stereocenters. The molecule has 0 fully saturated rings. The molecule has 90 valence electrons. The van der Waals surface area contributed by atoms with Crippen LogP contribution in [0.4, 0.5) is 0 Å². The minimum atomic E-state index is -0.00463. The van der Waals surface area contributed by atoms with Crippen LogP contribution >= 0.6 is 0 Å². The van der Waals surface area contributed by atoms with E-state index in [1.807, 2.05) is 6.92 Å². The summed E-state index contributed by atoms with van der Waals surface area (Å²) in [6, 6.07) is 0.103. The van der Waals surface area contributed by atoms with Crippen LogP contribution in [0.25, 0.3) is 0 Å².